The van der Waals surface area contributed by atoms with Crippen LogP contribution in [0, 0.1) is 13.8 Å². The fourth-order valence-corrected chi connectivity index (χ4v) is 2.83. The molecule has 3 aromatic rings. The number of ether oxygens (including phenoxy) is 2. The van der Waals surface area contributed by atoms with Crippen LogP contribution in [-0.2, 0) is 0 Å². The third-order valence-electron chi connectivity index (χ3n) is 3.92. The number of aromatic nitrogens is 2. The molecule has 1 heterocycles. The molecule has 0 atom stereocenters. The molecule has 0 aliphatic carbocycles. The van der Waals surface area contributed by atoms with Crippen molar-refractivity contribution in [1.29, 1.82) is 0 Å². The van der Waals surface area contributed by atoms with Gasteiger partial charge < -0.3 is 14.8 Å². The lowest BCUT2D eigenvalue weighted by atomic mass is 10.1. The molecule has 0 aliphatic rings. The summed E-state index contributed by atoms with van der Waals surface area (Å²) in [4.78, 5) is 9.01. The van der Waals surface area contributed by atoms with E-state index >= 15 is 0 Å². The lowest BCUT2D eigenvalue weighted by Crippen LogP contribution is -2.01. The van der Waals surface area contributed by atoms with Gasteiger partial charge in [0.05, 0.1) is 30.6 Å². The third kappa shape index (κ3) is 4.81. The van der Waals surface area contributed by atoms with Crippen molar-refractivity contribution in [2.24, 2.45) is 0 Å². The lowest BCUT2D eigenvalue weighted by molar-refractivity contribution is 0.405. The van der Waals surface area contributed by atoms with Crippen molar-refractivity contribution in [3.8, 4) is 22.8 Å². The molecule has 2 aromatic carbocycles. The van der Waals surface area contributed by atoms with E-state index < -0.39 is 0 Å². The van der Waals surface area contributed by atoms with Crippen LogP contribution in [0.5, 0.6) is 11.5 Å². The van der Waals surface area contributed by atoms with Gasteiger partial charge >= 0.3 is 0 Å². The molecular weight excluding hydrogens is 385 g/mol. The van der Waals surface area contributed by atoms with Gasteiger partial charge in [-0.25, -0.2) is 9.97 Å². The van der Waals surface area contributed by atoms with Crippen molar-refractivity contribution in [2.45, 2.75) is 13.8 Å². The monoisotopic (exact) mass is 405 g/mol. The summed E-state index contributed by atoms with van der Waals surface area (Å²) in [6, 6.07) is 13.6. The molecule has 0 radical (unpaired) electrons. The first-order valence-electron chi connectivity index (χ1n) is 8.11. The summed E-state index contributed by atoms with van der Waals surface area (Å²) in [5.41, 5.74) is 3.79. The fourth-order valence-electron chi connectivity index (χ4n) is 2.60. The van der Waals surface area contributed by atoms with E-state index in [2.05, 4.69) is 34.3 Å². The van der Waals surface area contributed by atoms with Gasteiger partial charge in [-0.05, 0) is 13.8 Å². The van der Waals surface area contributed by atoms with E-state index in [-0.39, 0.29) is 12.4 Å². The van der Waals surface area contributed by atoms with Gasteiger partial charge in [-0.2, -0.15) is 0 Å². The molecule has 5 nitrogen and oxygen atoms in total. The molecule has 7 heteroatoms. The van der Waals surface area contributed by atoms with E-state index in [1.165, 1.54) is 5.56 Å². The van der Waals surface area contributed by atoms with E-state index in [1.807, 2.05) is 25.1 Å². The average Bonchev–Trinajstić information content (AvgIpc) is 2.63. The van der Waals surface area contributed by atoms with Crippen molar-refractivity contribution < 1.29 is 9.47 Å². The Kier molecular flexibility index (Phi) is 6.88. The largest absolute Gasteiger partial charge is 0.495 e. The van der Waals surface area contributed by atoms with E-state index in [4.69, 9.17) is 21.1 Å². The van der Waals surface area contributed by atoms with Crippen molar-refractivity contribution in [3.05, 3.63) is 58.9 Å². The molecular formula is C20H21Cl2N3O2. The van der Waals surface area contributed by atoms with Gasteiger partial charge in [-0.15, -0.1) is 12.4 Å². The number of nitrogens with zero attached hydrogens (tertiary/aromatic N) is 2. The van der Waals surface area contributed by atoms with Gasteiger partial charge in [0.15, 0.2) is 0 Å². The summed E-state index contributed by atoms with van der Waals surface area (Å²) >= 11 is 6.17. The second-order valence-corrected chi connectivity index (χ2v) is 6.27. The summed E-state index contributed by atoms with van der Waals surface area (Å²) in [6.07, 6.45) is 0. The summed E-state index contributed by atoms with van der Waals surface area (Å²) in [7, 11) is 3.16. The Hall–Kier alpha value is -2.50. The molecule has 142 valence electrons. The average molecular weight is 406 g/mol. The highest BCUT2D eigenvalue weighted by molar-refractivity contribution is 6.32. The first-order chi connectivity index (χ1) is 12.5. The normalized spacial score (nSPS) is 10.1. The van der Waals surface area contributed by atoms with Crippen LogP contribution < -0.4 is 14.8 Å². The van der Waals surface area contributed by atoms with Gasteiger partial charge in [0.2, 0.25) is 0 Å². The number of anilines is 2. The number of nitrogens with one attached hydrogen (secondary N) is 1. The minimum absolute atomic E-state index is 0. The second-order valence-electron chi connectivity index (χ2n) is 5.86. The Morgan fingerprint density at radius 1 is 0.889 bits per heavy atom. The quantitative estimate of drug-likeness (QED) is 0.598. The number of hydrogen-bond donors (Lipinski definition) is 1. The number of benzene rings is 2. The molecule has 0 spiro atoms. The van der Waals surface area contributed by atoms with Crippen LogP contribution in [0.15, 0.2) is 42.5 Å². The Morgan fingerprint density at radius 3 is 2.19 bits per heavy atom. The van der Waals surface area contributed by atoms with Crippen LogP contribution in [-0.4, -0.2) is 24.2 Å². The van der Waals surface area contributed by atoms with E-state index in [9.17, 15) is 0 Å². The van der Waals surface area contributed by atoms with Gasteiger partial charge in [0.25, 0.3) is 0 Å². The maximum atomic E-state index is 6.17. The van der Waals surface area contributed by atoms with Gasteiger partial charge in [-0.1, -0.05) is 41.4 Å². The Bertz CT molecular complexity index is 931. The molecule has 0 unspecified atom stereocenters. The highest BCUT2D eigenvalue weighted by Crippen LogP contribution is 2.37. The highest BCUT2D eigenvalue weighted by Gasteiger charge is 2.12. The van der Waals surface area contributed by atoms with E-state index in [0.717, 1.165) is 11.3 Å². The fraction of sp³-hybridized carbons (Fsp3) is 0.200. The van der Waals surface area contributed by atoms with E-state index in [0.29, 0.717) is 33.9 Å². The summed E-state index contributed by atoms with van der Waals surface area (Å²) in [5, 5.41) is 3.75. The molecule has 0 bridgehead atoms. The predicted molar refractivity (Wildman–Crippen MR) is 112 cm³/mol. The highest BCUT2D eigenvalue weighted by atomic mass is 35.5. The number of hydrogen-bond acceptors (Lipinski definition) is 5. The van der Waals surface area contributed by atoms with Crippen molar-refractivity contribution >= 4 is 35.5 Å². The van der Waals surface area contributed by atoms with Gasteiger partial charge in [0, 0.05) is 23.8 Å². The predicted octanol–water partition coefficient (Wildman–Crippen LogP) is 5.60. The van der Waals surface area contributed by atoms with Crippen LogP contribution in [0.25, 0.3) is 11.3 Å². The zero-order valence-electron chi connectivity index (χ0n) is 15.5. The molecule has 3 rings (SSSR count). The Balaban J connectivity index is 0.00000261. The smallest absolute Gasteiger partial charge is 0.144 e. The maximum absolute atomic E-state index is 6.17. The van der Waals surface area contributed by atoms with Crippen molar-refractivity contribution in [1.82, 2.24) is 9.97 Å². The molecule has 0 amide bonds. The third-order valence-corrected chi connectivity index (χ3v) is 4.22. The molecule has 0 saturated carbocycles. The SMILES string of the molecule is COc1cc(Nc2cc(-c3ccc(C)cc3)nc(C)n2)c(OC)cc1Cl.Cl. The second kappa shape index (κ2) is 8.93. The van der Waals surface area contributed by atoms with Crippen LogP contribution in [0.3, 0.4) is 0 Å². The van der Waals surface area contributed by atoms with E-state index in [1.54, 1.807) is 26.4 Å². The van der Waals surface area contributed by atoms with Gasteiger partial charge in [0.1, 0.15) is 23.1 Å². The zero-order chi connectivity index (χ0) is 18.7. The molecule has 1 aromatic heterocycles. The lowest BCUT2D eigenvalue weighted by Gasteiger charge is -2.14. The summed E-state index contributed by atoms with van der Waals surface area (Å²) in [5.74, 6) is 2.49. The number of halogens is 2. The molecule has 0 aliphatic heterocycles. The first kappa shape index (κ1) is 20.8. The number of methoxy groups -OCH3 is 2. The van der Waals surface area contributed by atoms with Crippen molar-refractivity contribution in [2.75, 3.05) is 19.5 Å². The minimum Gasteiger partial charge on any atom is -0.495 e. The van der Waals surface area contributed by atoms with Crippen LogP contribution in [0.4, 0.5) is 11.5 Å². The topological polar surface area (TPSA) is 56.3 Å². The Morgan fingerprint density at radius 2 is 1.56 bits per heavy atom. The van der Waals surface area contributed by atoms with Crippen LogP contribution >= 0.6 is 24.0 Å². The Labute approximate surface area is 170 Å². The standard InChI is InChI=1S/C20H20ClN3O2.ClH/c1-12-5-7-14(8-6-12)16-11-20(23-13(2)22-16)24-17-10-18(25-3)15(21)9-19(17)26-4;/h5-11H,1-4H3,(H,22,23,24);1H. The summed E-state index contributed by atoms with van der Waals surface area (Å²) in [6.45, 7) is 3.92. The summed E-state index contributed by atoms with van der Waals surface area (Å²) < 4.78 is 10.7. The molecule has 27 heavy (non-hydrogen) atoms. The van der Waals surface area contributed by atoms with Crippen LogP contribution in [0.1, 0.15) is 11.4 Å². The first-order valence-corrected chi connectivity index (χ1v) is 8.49. The molecule has 0 saturated heterocycles. The molecule has 0 fully saturated rings. The number of aryl methyl sites for hydroxylation is 2. The molecule has 1 N–H and O–H groups in total. The number of rotatable bonds is 5. The minimum atomic E-state index is 0. The van der Waals surface area contributed by atoms with Gasteiger partial charge in [-0.3, -0.25) is 0 Å². The maximum Gasteiger partial charge on any atom is 0.144 e. The zero-order valence-corrected chi connectivity index (χ0v) is 17.1. The van der Waals surface area contributed by atoms with Crippen molar-refractivity contribution in [3.63, 3.8) is 0 Å². The van der Waals surface area contributed by atoms with Crippen LogP contribution in [0.2, 0.25) is 5.02 Å².